The summed E-state index contributed by atoms with van der Waals surface area (Å²) < 4.78 is 0. The largest absolute Gasteiger partial charge is 0.306 e. The molecule has 0 aliphatic heterocycles. The van der Waals surface area contributed by atoms with Gasteiger partial charge in [0.05, 0.1) is 0 Å². The average molecular weight is 278 g/mol. The van der Waals surface area contributed by atoms with Crippen LogP contribution in [-0.4, -0.2) is 49.6 Å². The first-order valence-electron chi connectivity index (χ1n) is 8.59. The molecule has 0 radical (unpaired) electrons. The summed E-state index contributed by atoms with van der Waals surface area (Å²) in [5, 5.41) is 0. The van der Waals surface area contributed by atoms with Crippen LogP contribution in [0.4, 0.5) is 0 Å². The molecule has 2 rings (SSSR count). The van der Waals surface area contributed by atoms with Crippen LogP contribution < -0.4 is 0 Å². The van der Waals surface area contributed by atoms with Gasteiger partial charge in [-0.15, -0.1) is 6.58 Å². The quantitative estimate of drug-likeness (QED) is 0.706. The number of nitrogens with zero attached hydrogens (tertiary/aromatic N) is 2. The van der Waals surface area contributed by atoms with Crippen molar-refractivity contribution in [2.24, 2.45) is 11.8 Å². The van der Waals surface area contributed by atoms with E-state index in [1.807, 2.05) is 0 Å². The summed E-state index contributed by atoms with van der Waals surface area (Å²) in [6, 6.07) is 1.66. The zero-order chi connectivity index (χ0) is 14.5. The van der Waals surface area contributed by atoms with Crippen molar-refractivity contribution in [3.05, 3.63) is 12.7 Å². The molecule has 2 fully saturated rings. The maximum atomic E-state index is 3.95. The molecule has 2 heteroatoms. The summed E-state index contributed by atoms with van der Waals surface area (Å²) in [6.45, 7) is 5.27. The molecule has 0 aromatic rings. The smallest absolute Gasteiger partial charge is 0.00934 e. The van der Waals surface area contributed by atoms with E-state index in [9.17, 15) is 0 Å². The molecule has 2 nitrogen and oxygen atoms in total. The van der Waals surface area contributed by atoms with Crippen LogP contribution in [0.5, 0.6) is 0 Å². The molecule has 0 atom stereocenters. The van der Waals surface area contributed by atoms with E-state index < -0.39 is 0 Å². The van der Waals surface area contributed by atoms with Crippen molar-refractivity contribution in [3.63, 3.8) is 0 Å². The summed E-state index contributed by atoms with van der Waals surface area (Å²) in [7, 11) is 6.82. The van der Waals surface area contributed by atoms with Gasteiger partial charge in [-0.2, -0.15) is 0 Å². The summed E-state index contributed by atoms with van der Waals surface area (Å²) in [6.07, 6.45) is 13.3. The molecule has 2 saturated carbocycles. The Balaban J connectivity index is 1.70. The van der Waals surface area contributed by atoms with Gasteiger partial charge in [0.2, 0.25) is 0 Å². The van der Waals surface area contributed by atoms with Gasteiger partial charge in [-0.25, -0.2) is 0 Å². The number of hydrogen-bond acceptors (Lipinski definition) is 2. The monoisotopic (exact) mass is 278 g/mol. The minimum absolute atomic E-state index is 0.798. The topological polar surface area (TPSA) is 6.48 Å². The van der Waals surface area contributed by atoms with Gasteiger partial charge in [0.25, 0.3) is 0 Å². The Morgan fingerprint density at radius 3 is 1.90 bits per heavy atom. The van der Waals surface area contributed by atoms with Gasteiger partial charge in [-0.05, 0) is 84.3 Å². The zero-order valence-electron chi connectivity index (χ0n) is 13.9. The highest BCUT2D eigenvalue weighted by molar-refractivity contribution is 4.86. The van der Waals surface area contributed by atoms with Gasteiger partial charge in [0, 0.05) is 18.6 Å². The third kappa shape index (κ3) is 4.33. The molecule has 0 aromatic carbocycles. The van der Waals surface area contributed by atoms with Gasteiger partial charge in [0.15, 0.2) is 0 Å². The number of hydrogen-bond donors (Lipinski definition) is 0. The summed E-state index contributed by atoms with van der Waals surface area (Å²) in [5.74, 6) is 1.73. The molecule has 0 amide bonds. The van der Waals surface area contributed by atoms with E-state index >= 15 is 0 Å². The highest BCUT2D eigenvalue weighted by atomic mass is 15.1. The second-order valence-corrected chi connectivity index (χ2v) is 7.38. The van der Waals surface area contributed by atoms with Crippen LogP contribution in [0.15, 0.2) is 12.7 Å². The predicted molar refractivity (Wildman–Crippen MR) is 88.0 cm³/mol. The first kappa shape index (κ1) is 16.0. The average Bonchev–Trinajstić information content (AvgIpc) is 2.48. The molecule has 2 aliphatic rings. The molecule has 0 saturated heterocycles. The van der Waals surface area contributed by atoms with E-state index in [-0.39, 0.29) is 0 Å². The molecular weight excluding hydrogens is 244 g/mol. The van der Waals surface area contributed by atoms with E-state index in [1.54, 1.807) is 0 Å². The lowest BCUT2D eigenvalue weighted by molar-refractivity contribution is 0.114. The van der Waals surface area contributed by atoms with Crippen LogP contribution in [0.1, 0.15) is 51.4 Å². The zero-order valence-corrected chi connectivity index (χ0v) is 13.9. The Labute approximate surface area is 126 Å². The molecule has 0 bridgehead atoms. The Morgan fingerprint density at radius 1 is 0.850 bits per heavy atom. The van der Waals surface area contributed by atoms with E-state index in [4.69, 9.17) is 0 Å². The maximum absolute atomic E-state index is 3.95. The van der Waals surface area contributed by atoms with Crippen LogP contribution >= 0.6 is 0 Å². The van der Waals surface area contributed by atoms with Crippen molar-refractivity contribution in [1.82, 2.24) is 9.80 Å². The van der Waals surface area contributed by atoms with Gasteiger partial charge >= 0.3 is 0 Å². The minimum atomic E-state index is 0.798. The predicted octanol–water partition coefficient (Wildman–Crippen LogP) is 3.78. The van der Waals surface area contributed by atoms with Crippen molar-refractivity contribution < 1.29 is 0 Å². The van der Waals surface area contributed by atoms with Crippen molar-refractivity contribution >= 4 is 0 Å². The fourth-order valence-corrected chi connectivity index (χ4v) is 4.18. The van der Waals surface area contributed by atoms with Crippen LogP contribution in [0.3, 0.4) is 0 Å². The van der Waals surface area contributed by atoms with Gasteiger partial charge in [-0.1, -0.05) is 6.08 Å². The molecule has 116 valence electrons. The molecule has 0 heterocycles. The standard InChI is InChI=1S/C18H34N2/c1-5-15-6-8-16(9-7-15)14-20(4)18-12-10-17(11-13-18)19(2)3/h5,15-18H,1,6-14H2,2-4H3. The highest BCUT2D eigenvalue weighted by Gasteiger charge is 2.27. The van der Waals surface area contributed by atoms with Crippen LogP contribution in [0.25, 0.3) is 0 Å². The molecule has 20 heavy (non-hydrogen) atoms. The van der Waals surface area contributed by atoms with Gasteiger partial charge < -0.3 is 9.80 Å². The van der Waals surface area contributed by atoms with Gasteiger partial charge in [0.1, 0.15) is 0 Å². The molecule has 0 unspecified atom stereocenters. The van der Waals surface area contributed by atoms with Crippen LogP contribution in [0.2, 0.25) is 0 Å². The van der Waals surface area contributed by atoms with E-state index in [0.29, 0.717) is 0 Å². The second-order valence-electron chi connectivity index (χ2n) is 7.38. The van der Waals surface area contributed by atoms with E-state index in [2.05, 4.69) is 43.6 Å². The van der Waals surface area contributed by atoms with Crippen molar-refractivity contribution in [2.45, 2.75) is 63.5 Å². The summed E-state index contributed by atoms with van der Waals surface area (Å²) in [4.78, 5) is 5.08. The fourth-order valence-electron chi connectivity index (χ4n) is 4.18. The molecule has 0 spiro atoms. The fraction of sp³-hybridized carbons (Fsp3) is 0.889. The lowest BCUT2D eigenvalue weighted by atomic mass is 9.81. The van der Waals surface area contributed by atoms with Crippen molar-refractivity contribution in [3.8, 4) is 0 Å². The van der Waals surface area contributed by atoms with E-state index in [1.165, 1.54) is 57.9 Å². The van der Waals surface area contributed by atoms with E-state index in [0.717, 1.165) is 23.9 Å². The van der Waals surface area contributed by atoms with Gasteiger partial charge in [-0.3, -0.25) is 0 Å². The van der Waals surface area contributed by atoms with Crippen LogP contribution in [-0.2, 0) is 0 Å². The Morgan fingerprint density at radius 2 is 1.40 bits per heavy atom. The Hall–Kier alpha value is -0.340. The molecule has 0 N–H and O–H groups in total. The molecule has 0 aromatic heterocycles. The van der Waals surface area contributed by atoms with Crippen LogP contribution in [0, 0.1) is 11.8 Å². The lowest BCUT2D eigenvalue weighted by Gasteiger charge is -2.39. The number of allylic oxidation sites excluding steroid dienone is 1. The minimum Gasteiger partial charge on any atom is -0.306 e. The van der Waals surface area contributed by atoms with Crippen molar-refractivity contribution in [2.75, 3.05) is 27.7 Å². The normalized spacial score (nSPS) is 35.5. The highest BCUT2D eigenvalue weighted by Crippen LogP contribution is 2.31. The third-order valence-corrected chi connectivity index (χ3v) is 5.79. The Kier molecular flexibility index (Phi) is 6.10. The SMILES string of the molecule is C=CC1CCC(CN(C)C2CCC(N(C)C)CC2)CC1. The van der Waals surface area contributed by atoms with Crippen molar-refractivity contribution in [1.29, 1.82) is 0 Å². The summed E-state index contributed by atoms with van der Waals surface area (Å²) >= 11 is 0. The second kappa shape index (κ2) is 7.61. The molecular formula is C18H34N2. The lowest BCUT2D eigenvalue weighted by Crippen LogP contribution is -2.42. The first-order valence-corrected chi connectivity index (χ1v) is 8.59. The Bertz CT molecular complexity index is 284. The third-order valence-electron chi connectivity index (χ3n) is 5.79. The summed E-state index contributed by atoms with van der Waals surface area (Å²) in [5.41, 5.74) is 0. The number of rotatable bonds is 5. The first-order chi connectivity index (χ1) is 9.60. The maximum Gasteiger partial charge on any atom is 0.00934 e. The molecule has 2 aliphatic carbocycles.